The lowest BCUT2D eigenvalue weighted by Gasteiger charge is -2.33. The van der Waals surface area contributed by atoms with Crippen LogP contribution in [0.1, 0.15) is 62.7 Å². The molecule has 1 fully saturated rings. The first-order valence-electron chi connectivity index (χ1n) is 22.7. The van der Waals surface area contributed by atoms with Crippen molar-refractivity contribution in [2.75, 3.05) is 73.0 Å². The van der Waals surface area contributed by atoms with E-state index in [9.17, 15) is 28.8 Å². The number of ketones is 1. The van der Waals surface area contributed by atoms with Gasteiger partial charge in [-0.1, -0.05) is 84.9 Å². The molecule has 1 N–H and O–H groups in total. The van der Waals surface area contributed by atoms with Crippen molar-refractivity contribution < 1.29 is 52.5 Å². The first kappa shape index (κ1) is 46.9. The van der Waals surface area contributed by atoms with Gasteiger partial charge in [-0.25, -0.2) is 4.99 Å². The number of likely N-dealkylation sites (tertiary alicyclic amines) is 1. The number of nitrogens with zero attached hydrogens (tertiary/aromatic N) is 4. The summed E-state index contributed by atoms with van der Waals surface area (Å²) < 4.78 is 29.0. The Labute approximate surface area is 389 Å². The number of fused-ring (bicyclic) bond motifs is 4. The van der Waals surface area contributed by atoms with E-state index >= 15 is 0 Å². The van der Waals surface area contributed by atoms with Gasteiger partial charge in [0.25, 0.3) is 17.7 Å². The van der Waals surface area contributed by atoms with Crippen molar-refractivity contribution in [1.82, 2.24) is 20.0 Å². The Balaban J connectivity index is 0.707. The molecule has 1 unspecified atom stereocenters. The molecule has 0 saturated carbocycles. The van der Waals surface area contributed by atoms with Gasteiger partial charge in [0.1, 0.15) is 12.6 Å². The number of carbonyl (C=O) groups is 6. The molecule has 4 aliphatic rings. The van der Waals surface area contributed by atoms with E-state index in [0.29, 0.717) is 49.9 Å². The molecule has 4 heterocycles. The molecule has 5 amide bonds. The van der Waals surface area contributed by atoms with Gasteiger partial charge in [-0.15, -0.1) is 0 Å². The van der Waals surface area contributed by atoms with Gasteiger partial charge in [0.15, 0.2) is 17.4 Å². The summed E-state index contributed by atoms with van der Waals surface area (Å²) in [5.74, 6) is -1.28. The molecule has 16 nitrogen and oxygen atoms in total. The third-order valence-electron chi connectivity index (χ3n) is 12.4. The first-order valence-corrected chi connectivity index (χ1v) is 22.7. The van der Waals surface area contributed by atoms with Gasteiger partial charge in [0.05, 0.1) is 52.8 Å². The van der Waals surface area contributed by atoms with Crippen LogP contribution in [0.4, 0.5) is 0 Å². The Morgan fingerprint density at radius 1 is 0.776 bits per heavy atom. The predicted octanol–water partition coefficient (Wildman–Crippen LogP) is 3.63. The number of likely N-dealkylation sites (N-methyl/N-ethyl adjacent to an activating group) is 1. The van der Waals surface area contributed by atoms with E-state index in [1.54, 1.807) is 23.1 Å². The van der Waals surface area contributed by atoms with Crippen molar-refractivity contribution in [3.63, 3.8) is 0 Å². The molecule has 4 aromatic carbocycles. The van der Waals surface area contributed by atoms with Gasteiger partial charge in [0.2, 0.25) is 17.7 Å². The molecule has 0 aliphatic carbocycles. The largest absolute Gasteiger partial charge is 0.466 e. The number of piperidine rings is 1. The van der Waals surface area contributed by atoms with Gasteiger partial charge in [0, 0.05) is 62.6 Å². The average Bonchev–Trinajstić information content (AvgIpc) is 3.87. The molecular weight excluding hydrogens is 859 g/mol. The van der Waals surface area contributed by atoms with E-state index in [-0.39, 0.29) is 101 Å². The molecule has 0 aromatic heterocycles. The van der Waals surface area contributed by atoms with Crippen LogP contribution in [0.3, 0.4) is 0 Å². The first-order chi connectivity index (χ1) is 32.6. The minimum atomic E-state index is -1.33. The highest BCUT2D eigenvalue weighted by Gasteiger charge is 2.57. The molecule has 67 heavy (non-hydrogen) atoms. The van der Waals surface area contributed by atoms with Gasteiger partial charge in [-0.05, 0) is 46.9 Å². The van der Waals surface area contributed by atoms with E-state index < -0.39 is 23.6 Å². The number of imide groups is 1. The highest BCUT2D eigenvalue weighted by molar-refractivity contribution is 6.06. The molecule has 8 rings (SSSR count). The zero-order valence-corrected chi connectivity index (χ0v) is 37.6. The second-order valence-corrected chi connectivity index (χ2v) is 16.9. The third-order valence-corrected chi connectivity index (χ3v) is 12.4. The summed E-state index contributed by atoms with van der Waals surface area (Å²) in [6.07, 6.45) is 0.164. The smallest absolute Gasteiger partial charge is 0.256 e. The van der Waals surface area contributed by atoms with Gasteiger partial charge in [-0.3, -0.25) is 33.7 Å². The summed E-state index contributed by atoms with van der Waals surface area (Å²) >= 11 is 0. The van der Waals surface area contributed by atoms with Gasteiger partial charge >= 0.3 is 0 Å². The lowest BCUT2D eigenvalue weighted by molar-refractivity contribution is -0.150. The van der Waals surface area contributed by atoms with E-state index in [1.807, 2.05) is 84.9 Å². The Morgan fingerprint density at radius 3 is 2.19 bits per heavy atom. The fourth-order valence-electron chi connectivity index (χ4n) is 9.02. The molecule has 4 aromatic rings. The molecule has 350 valence electrons. The zero-order chi connectivity index (χ0) is 46.8. The van der Waals surface area contributed by atoms with Crippen LogP contribution in [0, 0.1) is 0 Å². The normalized spacial score (nSPS) is 20.0. The minimum absolute atomic E-state index is 0.0820. The number of ether oxygens (including phenoxy) is 5. The standard InChI is InChI=1S/C51H55N5O11/c1-54-45(59)20-19-43(49(54)61)56-32-42-37(16-10-18-41(42)48(56)60)29-39(57)34-66-28-27-65-26-25-64-24-23-63-22-21-52-44(58)33-55-31-38-15-8-9-17-40(38)46-51(50(55)62,30-35-11-4-2-5-12-35)53-47(67-46)36-13-6-3-7-14-36/h2-18,43,46H,19-34H2,1H3,(H,52,58)/t43?,46-,51-/m0/s1. The second-order valence-electron chi connectivity index (χ2n) is 16.9. The Bertz CT molecular complexity index is 2480. The van der Waals surface area contributed by atoms with Crippen LogP contribution in [0.2, 0.25) is 0 Å². The summed E-state index contributed by atoms with van der Waals surface area (Å²) in [4.78, 5) is 88.0. The molecule has 1 saturated heterocycles. The van der Waals surface area contributed by atoms with Crippen molar-refractivity contribution in [2.45, 2.75) is 56.5 Å². The number of amides is 5. The van der Waals surface area contributed by atoms with Gasteiger partial charge in [-0.2, -0.15) is 0 Å². The topological polar surface area (TPSA) is 183 Å². The van der Waals surface area contributed by atoms with E-state index in [4.69, 9.17) is 28.7 Å². The summed E-state index contributed by atoms with van der Waals surface area (Å²) in [6, 6.07) is 31.6. The molecule has 3 atom stereocenters. The third kappa shape index (κ3) is 10.8. The van der Waals surface area contributed by atoms with Crippen molar-refractivity contribution in [1.29, 1.82) is 0 Å². The van der Waals surface area contributed by atoms with Crippen LogP contribution in [0.15, 0.2) is 108 Å². The molecule has 0 bridgehead atoms. The Kier molecular flexibility index (Phi) is 15.3. The Hall–Kier alpha value is -6.59. The van der Waals surface area contributed by atoms with E-state index in [2.05, 4.69) is 5.32 Å². The fourth-order valence-corrected chi connectivity index (χ4v) is 9.02. The van der Waals surface area contributed by atoms with Crippen molar-refractivity contribution >= 4 is 41.2 Å². The predicted molar refractivity (Wildman–Crippen MR) is 244 cm³/mol. The minimum Gasteiger partial charge on any atom is -0.466 e. The van der Waals surface area contributed by atoms with Crippen molar-refractivity contribution in [2.24, 2.45) is 4.99 Å². The number of hydrogen-bond acceptors (Lipinski definition) is 12. The zero-order valence-electron chi connectivity index (χ0n) is 37.6. The molecule has 16 heteroatoms. The summed E-state index contributed by atoms with van der Waals surface area (Å²) in [5, 5.41) is 2.88. The fraction of sp³-hybridized carbons (Fsp3) is 0.392. The lowest BCUT2D eigenvalue weighted by Crippen LogP contribution is -2.53. The van der Waals surface area contributed by atoms with Crippen LogP contribution in [0.5, 0.6) is 0 Å². The molecule has 0 spiro atoms. The Morgan fingerprint density at radius 2 is 1.45 bits per heavy atom. The number of Topliss-reactive ketones (excluding diaryl/α,β-unsaturated/α-hetero) is 1. The maximum Gasteiger partial charge on any atom is 0.256 e. The summed E-state index contributed by atoms with van der Waals surface area (Å²) in [7, 11) is 1.43. The van der Waals surface area contributed by atoms with E-state index in [0.717, 1.165) is 32.7 Å². The molecular formula is C51H55N5O11. The quantitative estimate of drug-likeness (QED) is 0.0899. The van der Waals surface area contributed by atoms with Crippen molar-refractivity contribution in [3.8, 4) is 0 Å². The van der Waals surface area contributed by atoms with Gasteiger partial charge < -0.3 is 38.8 Å². The number of hydrogen-bond donors (Lipinski definition) is 1. The second kappa shape index (κ2) is 21.8. The van der Waals surface area contributed by atoms with E-state index in [1.165, 1.54) is 11.9 Å². The summed E-state index contributed by atoms with van der Waals surface area (Å²) in [6.45, 7) is 2.41. The maximum atomic E-state index is 14.8. The average molecular weight is 914 g/mol. The molecule has 0 radical (unpaired) electrons. The maximum absolute atomic E-state index is 14.8. The van der Waals surface area contributed by atoms with Crippen LogP contribution in [0.25, 0.3) is 0 Å². The van der Waals surface area contributed by atoms with Crippen molar-refractivity contribution in [3.05, 3.63) is 142 Å². The molecule has 4 aliphatic heterocycles. The number of benzene rings is 4. The lowest BCUT2D eigenvalue weighted by atomic mass is 9.81. The summed E-state index contributed by atoms with van der Waals surface area (Å²) in [5.41, 5.74) is 4.04. The number of aliphatic imine (C=N–C) groups is 1. The SMILES string of the molecule is CN1C(=O)CCC(N2Cc3c(CC(=O)COCCOCCOCCOCCNC(=O)CN4Cc5ccccc5[C@@H]5OC(c6ccccc6)=N[C@]5(Cc5ccccc5)C4=O)cccc3C2=O)C1=O. The highest BCUT2D eigenvalue weighted by Crippen LogP contribution is 2.46. The number of carbonyl (C=O) groups excluding carboxylic acids is 6. The monoisotopic (exact) mass is 913 g/mol. The number of nitrogens with one attached hydrogen (secondary N) is 1. The highest BCUT2D eigenvalue weighted by atomic mass is 16.6. The van der Waals surface area contributed by atoms with Crippen LogP contribution in [-0.4, -0.2) is 140 Å². The number of rotatable bonds is 22. The van der Waals surface area contributed by atoms with Crippen LogP contribution in [-0.2, 0) is 73.6 Å². The van der Waals surface area contributed by atoms with Crippen LogP contribution < -0.4 is 5.32 Å². The van der Waals surface area contributed by atoms with Crippen LogP contribution >= 0.6 is 0 Å².